The first kappa shape index (κ1) is 9.23. The normalized spacial score (nSPS) is 14.4. The standard InChI is InChI=1S/C9H15N/c1-4-8(2)5-6-9(3)7-10/h6,8H,4-5H2,1-3H3/b9-6+. The molecule has 0 amide bonds. The number of nitrogens with zero attached hydrogens (tertiary/aromatic N) is 1. The minimum Gasteiger partial charge on any atom is -0.193 e. The number of hydrogen-bond acceptors (Lipinski definition) is 1. The lowest BCUT2D eigenvalue weighted by Gasteiger charge is -2.01. The summed E-state index contributed by atoms with van der Waals surface area (Å²) in [4.78, 5) is 0. The molecule has 1 heteroatoms. The van der Waals surface area contributed by atoms with E-state index in [0.717, 1.165) is 12.0 Å². The highest BCUT2D eigenvalue weighted by Crippen LogP contribution is 2.08. The molecule has 1 nitrogen and oxygen atoms in total. The van der Waals surface area contributed by atoms with E-state index in [2.05, 4.69) is 19.9 Å². The van der Waals surface area contributed by atoms with E-state index in [0.29, 0.717) is 5.92 Å². The van der Waals surface area contributed by atoms with Crippen molar-refractivity contribution < 1.29 is 0 Å². The van der Waals surface area contributed by atoms with Crippen LogP contribution in [0.3, 0.4) is 0 Å². The largest absolute Gasteiger partial charge is 0.193 e. The Morgan fingerprint density at radius 1 is 1.70 bits per heavy atom. The summed E-state index contributed by atoms with van der Waals surface area (Å²) in [5, 5.41) is 8.40. The monoisotopic (exact) mass is 137 g/mol. The fourth-order valence-corrected chi connectivity index (χ4v) is 0.590. The van der Waals surface area contributed by atoms with Gasteiger partial charge in [-0.15, -0.1) is 0 Å². The quantitative estimate of drug-likeness (QED) is 0.549. The van der Waals surface area contributed by atoms with Crippen LogP contribution in [-0.2, 0) is 0 Å². The predicted octanol–water partition coefficient (Wildman–Crippen LogP) is 2.89. The maximum absolute atomic E-state index is 8.40. The molecule has 0 heterocycles. The van der Waals surface area contributed by atoms with Gasteiger partial charge in [-0.25, -0.2) is 0 Å². The third kappa shape index (κ3) is 4.14. The number of hydrogen-bond donors (Lipinski definition) is 0. The minimum atomic E-state index is 0.711. The van der Waals surface area contributed by atoms with Gasteiger partial charge in [0.1, 0.15) is 0 Å². The van der Waals surface area contributed by atoms with Crippen LogP contribution in [0.25, 0.3) is 0 Å². The highest BCUT2D eigenvalue weighted by molar-refractivity contribution is 5.16. The zero-order chi connectivity index (χ0) is 7.98. The van der Waals surface area contributed by atoms with Crippen molar-refractivity contribution >= 4 is 0 Å². The predicted molar refractivity (Wildman–Crippen MR) is 43.4 cm³/mol. The van der Waals surface area contributed by atoms with Gasteiger partial charge in [-0.05, 0) is 19.3 Å². The van der Waals surface area contributed by atoms with Crippen LogP contribution in [0.15, 0.2) is 11.6 Å². The first-order valence-corrected chi connectivity index (χ1v) is 3.77. The van der Waals surface area contributed by atoms with Crippen LogP contribution in [0.1, 0.15) is 33.6 Å². The van der Waals surface area contributed by atoms with Crippen molar-refractivity contribution in [1.82, 2.24) is 0 Å². The Balaban J connectivity index is 3.63. The van der Waals surface area contributed by atoms with Gasteiger partial charge in [0.2, 0.25) is 0 Å². The molecule has 0 saturated carbocycles. The van der Waals surface area contributed by atoms with E-state index in [1.165, 1.54) is 6.42 Å². The molecule has 0 fully saturated rings. The molecule has 1 atom stereocenters. The van der Waals surface area contributed by atoms with Gasteiger partial charge < -0.3 is 0 Å². The Morgan fingerprint density at radius 3 is 2.70 bits per heavy atom. The van der Waals surface area contributed by atoms with Crippen molar-refractivity contribution in [1.29, 1.82) is 5.26 Å². The third-order valence-electron chi connectivity index (χ3n) is 1.70. The van der Waals surface area contributed by atoms with E-state index in [9.17, 15) is 0 Å². The van der Waals surface area contributed by atoms with Crippen molar-refractivity contribution in [3.05, 3.63) is 11.6 Å². The Hall–Kier alpha value is -0.770. The van der Waals surface area contributed by atoms with Crippen LogP contribution in [0.4, 0.5) is 0 Å². The van der Waals surface area contributed by atoms with E-state index in [-0.39, 0.29) is 0 Å². The van der Waals surface area contributed by atoms with Gasteiger partial charge in [0.15, 0.2) is 0 Å². The molecular formula is C9H15N. The van der Waals surface area contributed by atoms with E-state index in [4.69, 9.17) is 5.26 Å². The summed E-state index contributed by atoms with van der Waals surface area (Å²) in [6.45, 7) is 6.21. The fourth-order valence-electron chi connectivity index (χ4n) is 0.590. The summed E-state index contributed by atoms with van der Waals surface area (Å²) in [5.74, 6) is 0.711. The summed E-state index contributed by atoms with van der Waals surface area (Å²) in [6, 6.07) is 2.11. The SMILES string of the molecule is CCC(C)C/C=C(\C)C#N. The van der Waals surface area contributed by atoms with Crippen molar-refractivity contribution in [2.75, 3.05) is 0 Å². The summed E-state index contributed by atoms with van der Waals surface area (Å²) in [6.07, 6.45) is 4.24. The van der Waals surface area contributed by atoms with Gasteiger partial charge in [0.25, 0.3) is 0 Å². The van der Waals surface area contributed by atoms with Crippen LogP contribution in [0.2, 0.25) is 0 Å². The summed E-state index contributed by atoms with van der Waals surface area (Å²) >= 11 is 0. The van der Waals surface area contributed by atoms with Crippen molar-refractivity contribution in [3.8, 4) is 6.07 Å². The van der Waals surface area contributed by atoms with E-state index < -0.39 is 0 Å². The highest BCUT2D eigenvalue weighted by atomic mass is 14.2. The molecule has 0 aliphatic carbocycles. The molecule has 0 rings (SSSR count). The van der Waals surface area contributed by atoms with Crippen molar-refractivity contribution in [2.45, 2.75) is 33.6 Å². The molecule has 0 aromatic heterocycles. The van der Waals surface area contributed by atoms with Gasteiger partial charge in [-0.3, -0.25) is 0 Å². The molecule has 10 heavy (non-hydrogen) atoms. The Labute approximate surface area is 63.4 Å². The van der Waals surface area contributed by atoms with E-state index in [1.807, 2.05) is 13.0 Å². The fraction of sp³-hybridized carbons (Fsp3) is 0.667. The summed E-state index contributed by atoms with van der Waals surface area (Å²) in [5.41, 5.74) is 0.834. The van der Waals surface area contributed by atoms with Gasteiger partial charge in [-0.1, -0.05) is 26.3 Å². The lowest BCUT2D eigenvalue weighted by atomic mass is 10.0. The first-order chi connectivity index (χ1) is 4.70. The second-order valence-electron chi connectivity index (χ2n) is 2.75. The number of rotatable bonds is 3. The average Bonchev–Trinajstić information content (AvgIpc) is 1.99. The van der Waals surface area contributed by atoms with Gasteiger partial charge in [0.05, 0.1) is 6.07 Å². The average molecular weight is 137 g/mol. The van der Waals surface area contributed by atoms with Crippen molar-refractivity contribution in [2.24, 2.45) is 5.92 Å². The molecule has 0 aliphatic rings. The molecule has 0 radical (unpaired) electrons. The van der Waals surface area contributed by atoms with Crippen LogP contribution in [-0.4, -0.2) is 0 Å². The Kier molecular flexibility index (Phi) is 4.66. The first-order valence-electron chi connectivity index (χ1n) is 3.77. The highest BCUT2D eigenvalue weighted by Gasteiger charge is 1.94. The van der Waals surface area contributed by atoms with Crippen LogP contribution >= 0.6 is 0 Å². The molecule has 0 aliphatic heterocycles. The molecule has 56 valence electrons. The van der Waals surface area contributed by atoms with E-state index >= 15 is 0 Å². The topological polar surface area (TPSA) is 23.8 Å². The van der Waals surface area contributed by atoms with Crippen molar-refractivity contribution in [3.63, 3.8) is 0 Å². The van der Waals surface area contributed by atoms with Gasteiger partial charge in [0, 0.05) is 5.57 Å². The minimum absolute atomic E-state index is 0.711. The summed E-state index contributed by atoms with van der Waals surface area (Å²) < 4.78 is 0. The zero-order valence-corrected chi connectivity index (χ0v) is 7.02. The number of allylic oxidation sites excluding steroid dienone is 2. The van der Waals surface area contributed by atoms with Crippen LogP contribution in [0, 0.1) is 17.2 Å². The molecule has 0 spiro atoms. The smallest absolute Gasteiger partial charge is 0.0940 e. The molecule has 1 unspecified atom stereocenters. The Bertz CT molecular complexity index is 151. The second kappa shape index (κ2) is 5.05. The molecule has 0 N–H and O–H groups in total. The Morgan fingerprint density at radius 2 is 2.30 bits per heavy atom. The van der Waals surface area contributed by atoms with Gasteiger partial charge in [-0.2, -0.15) is 5.26 Å². The van der Waals surface area contributed by atoms with Gasteiger partial charge >= 0.3 is 0 Å². The van der Waals surface area contributed by atoms with Crippen LogP contribution in [0.5, 0.6) is 0 Å². The maximum atomic E-state index is 8.40. The molecule has 0 aromatic carbocycles. The molecule has 0 bridgehead atoms. The summed E-state index contributed by atoms with van der Waals surface area (Å²) in [7, 11) is 0. The molecular weight excluding hydrogens is 122 g/mol. The zero-order valence-electron chi connectivity index (χ0n) is 7.02. The lowest BCUT2D eigenvalue weighted by molar-refractivity contribution is 0.571. The number of nitriles is 1. The molecule has 0 aromatic rings. The third-order valence-corrected chi connectivity index (χ3v) is 1.70. The maximum Gasteiger partial charge on any atom is 0.0940 e. The molecule has 0 saturated heterocycles. The van der Waals surface area contributed by atoms with Crippen LogP contribution < -0.4 is 0 Å². The van der Waals surface area contributed by atoms with E-state index in [1.54, 1.807) is 0 Å². The second-order valence-corrected chi connectivity index (χ2v) is 2.75. The lowest BCUT2D eigenvalue weighted by Crippen LogP contribution is -1.88.